The number of piperidine rings is 2. The second-order valence-corrected chi connectivity index (χ2v) is 20.1. The number of fused-ring (bicyclic) bond motifs is 2. The molecule has 4 aromatic carbocycles. The Morgan fingerprint density at radius 1 is 0.629 bits per heavy atom. The number of nitrogens with one attached hydrogen (secondary N) is 2. The molecule has 0 spiro atoms. The lowest BCUT2D eigenvalue weighted by Crippen LogP contribution is -2.51. The van der Waals surface area contributed by atoms with Crippen molar-refractivity contribution in [3.8, 4) is 0 Å². The highest BCUT2D eigenvalue weighted by atomic mass is 19.1. The van der Waals surface area contributed by atoms with Crippen molar-refractivity contribution in [3.63, 3.8) is 0 Å². The Hall–Kier alpha value is -6.17. The van der Waals surface area contributed by atoms with Crippen molar-refractivity contribution in [2.45, 2.75) is 95.2 Å². The summed E-state index contributed by atoms with van der Waals surface area (Å²) in [5.41, 5.74) is 0.983. The van der Waals surface area contributed by atoms with Crippen LogP contribution in [0, 0.1) is 60.8 Å². The second-order valence-electron chi connectivity index (χ2n) is 20.1. The van der Waals surface area contributed by atoms with Gasteiger partial charge in [-0.15, -0.1) is 0 Å². The van der Waals surface area contributed by atoms with Gasteiger partial charge in [0, 0.05) is 46.2 Å². The van der Waals surface area contributed by atoms with E-state index in [1.807, 2.05) is 0 Å². The third kappa shape index (κ3) is 9.67. The molecule has 8 atom stereocenters. The molecule has 4 saturated heterocycles. The van der Waals surface area contributed by atoms with E-state index in [4.69, 9.17) is 14.2 Å². The minimum absolute atomic E-state index is 0.0110. The number of carbonyl (C=O) groups is 5. The Kier molecular flexibility index (Phi) is 13.4. The number of nitrogens with zero attached hydrogens (tertiary/aromatic N) is 2. The third-order valence-electron chi connectivity index (χ3n) is 14.7. The zero-order valence-electron chi connectivity index (χ0n) is 39.5. The Morgan fingerprint density at radius 2 is 1.06 bits per heavy atom. The van der Waals surface area contributed by atoms with Gasteiger partial charge in [-0.2, -0.15) is 0 Å². The van der Waals surface area contributed by atoms with Crippen LogP contribution in [-0.4, -0.2) is 102 Å². The number of carbonyl (C=O) groups excluding carboxylic acids is 5. The van der Waals surface area contributed by atoms with E-state index in [1.165, 1.54) is 27.0 Å². The van der Waals surface area contributed by atoms with Gasteiger partial charge in [-0.05, 0) is 137 Å². The number of esters is 1. The van der Waals surface area contributed by atoms with Crippen LogP contribution in [0.25, 0.3) is 0 Å². The highest BCUT2D eigenvalue weighted by molar-refractivity contribution is 6.01. The number of benzene rings is 4. The summed E-state index contributed by atoms with van der Waals surface area (Å²) in [4.78, 5) is 68.9. The first-order chi connectivity index (χ1) is 33.3. The smallest absolute Gasteiger partial charge is 0.337 e. The Labute approximate surface area is 402 Å². The quantitative estimate of drug-likeness (QED) is 0.103. The number of aryl methyl sites for hydroxylation is 2. The lowest BCUT2D eigenvalue weighted by Gasteiger charge is -2.36. The van der Waals surface area contributed by atoms with Crippen LogP contribution in [0.2, 0.25) is 0 Å². The number of hydrogen-bond donors (Lipinski definition) is 3. The van der Waals surface area contributed by atoms with Crippen molar-refractivity contribution in [1.29, 1.82) is 0 Å². The monoisotopic (exact) mass is 968 g/mol. The average molecular weight is 969 g/mol. The van der Waals surface area contributed by atoms with Crippen LogP contribution in [0.3, 0.4) is 0 Å². The van der Waals surface area contributed by atoms with E-state index in [2.05, 4.69) is 10.6 Å². The fraction of sp³-hybridized carbons (Fsp3) is 0.453. The van der Waals surface area contributed by atoms with E-state index in [-0.39, 0.29) is 86.9 Å². The second kappa shape index (κ2) is 19.2. The summed E-state index contributed by atoms with van der Waals surface area (Å²) in [5.74, 6) is -4.12. The third-order valence-corrected chi connectivity index (χ3v) is 14.7. The molecule has 0 radical (unpaired) electrons. The van der Waals surface area contributed by atoms with Crippen molar-refractivity contribution in [2.24, 2.45) is 23.7 Å². The van der Waals surface area contributed by atoms with Crippen molar-refractivity contribution >= 4 is 29.6 Å². The molecule has 4 aromatic rings. The Bertz CT molecular complexity index is 2740. The summed E-state index contributed by atoms with van der Waals surface area (Å²) >= 11 is 0. The summed E-state index contributed by atoms with van der Waals surface area (Å²) in [6.45, 7) is 7.57. The fourth-order valence-corrected chi connectivity index (χ4v) is 10.3. The molecular weight excluding hydrogens is 913 g/mol. The normalized spacial score (nSPS) is 24.1. The molecule has 0 bridgehead atoms. The van der Waals surface area contributed by atoms with Crippen molar-refractivity contribution < 1.29 is 60.9 Å². The summed E-state index contributed by atoms with van der Waals surface area (Å²) in [7, 11) is 1.26. The molecule has 17 heteroatoms. The van der Waals surface area contributed by atoms with Crippen LogP contribution >= 0.6 is 0 Å². The van der Waals surface area contributed by atoms with E-state index in [0.717, 1.165) is 37.1 Å². The molecule has 0 unspecified atom stereocenters. The molecule has 370 valence electrons. The molecule has 0 aromatic heterocycles. The van der Waals surface area contributed by atoms with Gasteiger partial charge < -0.3 is 39.8 Å². The molecule has 2 saturated carbocycles. The topological polar surface area (TPSA) is 164 Å². The summed E-state index contributed by atoms with van der Waals surface area (Å²) < 4.78 is 73.4. The van der Waals surface area contributed by atoms with Crippen molar-refractivity contribution in [1.82, 2.24) is 20.4 Å². The molecule has 6 aliphatic rings. The van der Waals surface area contributed by atoms with Crippen LogP contribution in [0.1, 0.15) is 111 Å². The summed E-state index contributed by atoms with van der Waals surface area (Å²) in [6, 6.07) is 14.5. The van der Waals surface area contributed by atoms with Gasteiger partial charge in [-0.1, -0.05) is 18.2 Å². The molecule has 4 aliphatic heterocycles. The standard InChI is InChI=1S/C27H30F2N2O4.C26H26F2N2O5/c1-14-7-21(29)19(11-20(14)28)24(17-12-35-13-17)30-25(32)23-10-16-9-22(16)31(23)26(33)15-5-4-6-18(8-15)27(2,3)34;1-13-6-20(28)18(10-19(13)27)23(17-11-35-12-17)29-24(31)22-9-16-8-21(16)30(22)25(32)14-4-3-5-15(7-14)26(33)34-2/h4-8,11,16-17,22-24,34H,9-10,12-13H2,1-3H3,(H,30,32);3-7,10,16-17,21-23H,8-9,11-12H2,1-2H3,(H,29,31)/t16-,22-,23-,24-;16-,21-,22-,23-/m11/s1. The number of aliphatic hydroxyl groups is 1. The zero-order valence-corrected chi connectivity index (χ0v) is 39.5. The molecule has 2 aliphatic carbocycles. The predicted octanol–water partition coefficient (Wildman–Crippen LogP) is 6.77. The number of methoxy groups -OCH3 is 1. The van der Waals surface area contributed by atoms with Gasteiger partial charge >= 0.3 is 5.97 Å². The van der Waals surface area contributed by atoms with Crippen LogP contribution in [-0.2, 0) is 29.4 Å². The van der Waals surface area contributed by atoms with Gasteiger partial charge in [0.25, 0.3) is 11.8 Å². The first kappa shape index (κ1) is 48.8. The number of halogens is 4. The summed E-state index contributed by atoms with van der Waals surface area (Å²) in [6.07, 6.45) is 2.69. The lowest BCUT2D eigenvalue weighted by molar-refractivity contribution is -0.129. The van der Waals surface area contributed by atoms with Gasteiger partial charge in [-0.25, -0.2) is 22.4 Å². The molecule has 3 N–H and O–H groups in total. The van der Waals surface area contributed by atoms with E-state index in [9.17, 15) is 46.6 Å². The van der Waals surface area contributed by atoms with Gasteiger partial charge in [0.05, 0.1) is 56.8 Å². The highest BCUT2D eigenvalue weighted by Crippen LogP contribution is 2.50. The largest absolute Gasteiger partial charge is 0.465 e. The number of likely N-dealkylation sites (tertiary alicyclic amines) is 2. The van der Waals surface area contributed by atoms with Crippen molar-refractivity contribution in [3.05, 3.63) is 141 Å². The lowest BCUT2D eigenvalue weighted by atomic mass is 9.90. The Balaban J connectivity index is 0.000000174. The average Bonchev–Trinajstić information content (AvgIpc) is 4.18. The molecule has 4 heterocycles. The van der Waals surface area contributed by atoms with E-state index in [0.29, 0.717) is 50.4 Å². The van der Waals surface area contributed by atoms with Crippen LogP contribution < -0.4 is 10.6 Å². The highest BCUT2D eigenvalue weighted by Gasteiger charge is 2.58. The molecular formula is C53H56F4N4O9. The van der Waals surface area contributed by atoms with E-state index < -0.39 is 64.9 Å². The predicted molar refractivity (Wildman–Crippen MR) is 245 cm³/mol. The Morgan fingerprint density at radius 3 is 1.47 bits per heavy atom. The van der Waals surface area contributed by atoms with E-state index >= 15 is 0 Å². The molecule has 6 fully saturated rings. The number of ether oxygens (including phenoxy) is 3. The minimum atomic E-state index is -1.11. The fourth-order valence-electron chi connectivity index (χ4n) is 10.3. The summed E-state index contributed by atoms with van der Waals surface area (Å²) in [5, 5.41) is 16.2. The van der Waals surface area contributed by atoms with Crippen LogP contribution in [0.5, 0.6) is 0 Å². The van der Waals surface area contributed by atoms with Gasteiger partial charge in [0.2, 0.25) is 11.8 Å². The van der Waals surface area contributed by atoms with Gasteiger partial charge in [0.1, 0.15) is 35.4 Å². The molecule has 13 nitrogen and oxygen atoms in total. The first-order valence-corrected chi connectivity index (χ1v) is 23.7. The number of hydrogen-bond acceptors (Lipinski definition) is 9. The van der Waals surface area contributed by atoms with Gasteiger partial charge in [0.15, 0.2) is 0 Å². The first-order valence-electron chi connectivity index (χ1n) is 23.7. The molecule has 10 rings (SSSR count). The van der Waals surface area contributed by atoms with Gasteiger partial charge in [-0.3, -0.25) is 19.2 Å². The number of rotatable bonds is 12. The van der Waals surface area contributed by atoms with Crippen LogP contribution in [0.15, 0.2) is 72.8 Å². The van der Waals surface area contributed by atoms with Crippen molar-refractivity contribution in [2.75, 3.05) is 33.5 Å². The SMILES string of the molecule is COC(=O)c1cccc(C(=O)N2[C@@H](C(=O)N[C@@H](c3cc(F)c(C)cc3F)C3COC3)C[C@H]3C[C@H]32)c1.Cc1cc(F)c([C@H](NC(=O)[C@H]2C[C@H]3C[C@H]3N2C(=O)c2cccc(C(C)(C)O)c2)C2COC2)cc1F. The zero-order chi connectivity index (χ0) is 49.9. The molecule has 4 amide bonds. The maximum atomic E-state index is 14.8. The number of amides is 4. The van der Waals surface area contributed by atoms with E-state index in [1.54, 1.807) is 66.1 Å². The molecule has 70 heavy (non-hydrogen) atoms. The maximum Gasteiger partial charge on any atom is 0.337 e. The maximum absolute atomic E-state index is 14.8. The van der Waals surface area contributed by atoms with Crippen LogP contribution in [0.4, 0.5) is 17.6 Å². The minimum Gasteiger partial charge on any atom is -0.465 e.